The van der Waals surface area contributed by atoms with E-state index in [1.165, 1.54) is 23.5 Å². The van der Waals surface area contributed by atoms with Gasteiger partial charge in [0.25, 0.3) is 0 Å². The second-order valence-corrected chi connectivity index (χ2v) is 7.27. The van der Waals surface area contributed by atoms with Crippen molar-refractivity contribution in [3.8, 4) is 0 Å². The normalized spacial score (nSPS) is 10.7. The lowest BCUT2D eigenvalue weighted by Gasteiger charge is -2.03. The van der Waals surface area contributed by atoms with Crippen LogP contribution in [-0.2, 0) is 0 Å². The highest BCUT2D eigenvalue weighted by Crippen LogP contribution is 2.31. The first-order chi connectivity index (χ1) is 8.40. The zero-order valence-electron chi connectivity index (χ0n) is 9.06. The third kappa shape index (κ3) is 2.69. The maximum atomic E-state index is 13.8. The van der Waals surface area contributed by atoms with Crippen molar-refractivity contribution in [2.45, 2.75) is 6.92 Å². The van der Waals surface area contributed by atoms with Gasteiger partial charge < -0.3 is 0 Å². The minimum Gasteiger partial charge on any atom is -0.288 e. The van der Waals surface area contributed by atoms with E-state index >= 15 is 0 Å². The lowest BCUT2D eigenvalue weighted by atomic mass is 10.1. The monoisotopic (exact) mass is 410 g/mol. The molecule has 0 unspecified atom stereocenters. The van der Waals surface area contributed by atoms with E-state index in [-0.39, 0.29) is 11.3 Å². The predicted molar refractivity (Wildman–Crippen MR) is 79.3 cm³/mol. The summed E-state index contributed by atoms with van der Waals surface area (Å²) in [5.74, 6) is -0.945. The lowest BCUT2D eigenvalue weighted by molar-refractivity contribution is 0.103. The second-order valence-electron chi connectivity index (χ2n) is 3.64. The Hall–Kier alpha value is -0.230. The van der Waals surface area contributed by atoms with Gasteiger partial charge in [0.1, 0.15) is 5.82 Å². The van der Waals surface area contributed by atoms with Crippen molar-refractivity contribution >= 4 is 60.6 Å². The number of hydrogen-bond donors (Lipinski definition) is 0. The summed E-state index contributed by atoms with van der Waals surface area (Å²) in [6, 6.07) is 4.27. The summed E-state index contributed by atoms with van der Waals surface area (Å²) in [4.78, 5) is 12.7. The van der Waals surface area contributed by atoms with E-state index in [9.17, 15) is 9.18 Å². The van der Waals surface area contributed by atoms with Crippen molar-refractivity contribution in [3.63, 3.8) is 0 Å². The molecule has 1 aromatic heterocycles. The summed E-state index contributed by atoms with van der Waals surface area (Å²) < 4.78 is 15.1. The first-order valence-electron chi connectivity index (χ1n) is 4.85. The fraction of sp³-hybridized carbons (Fsp3) is 0.0833. The number of aryl methyl sites for hydroxylation is 1. The van der Waals surface area contributed by atoms with Crippen LogP contribution in [0.25, 0.3) is 0 Å². The molecule has 18 heavy (non-hydrogen) atoms. The highest BCUT2D eigenvalue weighted by atomic mass is 79.9. The molecular formula is C12H6Br2ClFOS. The molecule has 0 spiro atoms. The van der Waals surface area contributed by atoms with Crippen molar-refractivity contribution < 1.29 is 9.18 Å². The number of benzene rings is 1. The van der Waals surface area contributed by atoms with E-state index in [0.29, 0.717) is 14.4 Å². The van der Waals surface area contributed by atoms with Gasteiger partial charge in [0.2, 0.25) is 5.78 Å². The average Bonchev–Trinajstić information content (AvgIpc) is 2.63. The van der Waals surface area contributed by atoms with Gasteiger partial charge in [-0.3, -0.25) is 4.79 Å². The molecule has 1 nitrogen and oxygen atoms in total. The smallest absolute Gasteiger partial charge is 0.205 e. The summed E-state index contributed by atoms with van der Waals surface area (Å²) in [5.41, 5.74) is 0.934. The van der Waals surface area contributed by atoms with Gasteiger partial charge in [0.15, 0.2) is 0 Å². The van der Waals surface area contributed by atoms with Gasteiger partial charge >= 0.3 is 0 Å². The van der Waals surface area contributed by atoms with E-state index in [4.69, 9.17) is 11.6 Å². The zero-order valence-corrected chi connectivity index (χ0v) is 13.8. The number of hydrogen-bond acceptors (Lipinski definition) is 2. The molecule has 0 radical (unpaired) electrons. The Morgan fingerprint density at radius 3 is 2.56 bits per heavy atom. The molecule has 0 aliphatic carbocycles. The standard InChI is InChI=1S/C12H6Br2ClFOS/c1-5-2-10(18-12(5)14)11(17)6-3-8(15)7(13)4-9(6)16/h2-4H,1H3. The highest BCUT2D eigenvalue weighted by molar-refractivity contribution is 9.11. The lowest BCUT2D eigenvalue weighted by Crippen LogP contribution is -2.02. The Morgan fingerprint density at radius 2 is 2.00 bits per heavy atom. The number of rotatable bonds is 2. The molecule has 1 aromatic carbocycles. The maximum Gasteiger partial charge on any atom is 0.205 e. The SMILES string of the molecule is Cc1cc(C(=O)c2cc(Cl)c(Br)cc2F)sc1Br. The molecule has 0 saturated heterocycles. The van der Waals surface area contributed by atoms with E-state index in [2.05, 4.69) is 31.9 Å². The van der Waals surface area contributed by atoms with Crippen LogP contribution in [0, 0.1) is 12.7 Å². The van der Waals surface area contributed by atoms with Crippen LogP contribution in [0.1, 0.15) is 20.8 Å². The second kappa shape index (κ2) is 5.41. The van der Waals surface area contributed by atoms with Crippen LogP contribution in [0.15, 0.2) is 26.5 Å². The average molecular weight is 413 g/mol. The molecule has 6 heteroatoms. The molecule has 0 amide bonds. The summed E-state index contributed by atoms with van der Waals surface area (Å²) in [6.45, 7) is 1.88. The molecule has 0 saturated carbocycles. The number of halogens is 4. The van der Waals surface area contributed by atoms with E-state index in [1.54, 1.807) is 6.07 Å². The van der Waals surface area contributed by atoms with Crippen LogP contribution in [0.5, 0.6) is 0 Å². The van der Waals surface area contributed by atoms with Crippen molar-refractivity contribution in [1.29, 1.82) is 0 Å². The zero-order chi connectivity index (χ0) is 13.4. The molecule has 2 aromatic rings. The van der Waals surface area contributed by atoms with Gasteiger partial charge in [-0.05, 0) is 62.5 Å². The number of ketones is 1. The Kier molecular flexibility index (Phi) is 4.26. The first-order valence-corrected chi connectivity index (χ1v) is 7.63. The van der Waals surface area contributed by atoms with Crippen molar-refractivity contribution in [3.05, 3.63) is 53.3 Å². The van der Waals surface area contributed by atoms with Gasteiger partial charge in [0.05, 0.1) is 19.2 Å². The van der Waals surface area contributed by atoms with Crippen molar-refractivity contribution in [1.82, 2.24) is 0 Å². The summed E-state index contributed by atoms with van der Waals surface area (Å²) in [5, 5.41) is 0.312. The Balaban J connectivity index is 2.49. The van der Waals surface area contributed by atoms with Crippen LogP contribution in [0.3, 0.4) is 0 Å². The fourth-order valence-electron chi connectivity index (χ4n) is 1.40. The van der Waals surface area contributed by atoms with Crippen molar-refractivity contribution in [2.75, 3.05) is 0 Å². The van der Waals surface area contributed by atoms with Crippen LogP contribution < -0.4 is 0 Å². The highest BCUT2D eigenvalue weighted by Gasteiger charge is 2.18. The molecule has 0 aliphatic rings. The molecule has 0 aliphatic heterocycles. The molecule has 0 fully saturated rings. The minimum atomic E-state index is -0.585. The maximum absolute atomic E-state index is 13.8. The molecule has 2 rings (SSSR count). The van der Waals surface area contributed by atoms with E-state index < -0.39 is 5.82 Å². The van der Waals surface area contributed by atoms with Crippen LogP contribution in [0.4, 0.5) is 4.39 Å². The largest absolute Gasteiger partial charge is 0.288 e. The molecule has 94 valence electrons. The molecule has 0 N–H and O–H groups in total. The fourth-order valence-corrected chi connectivity index (χ4v) is 3.37. The number of thiophene rings is 1. The summed E-state index contributed by atoms with van der Waals surface area (Å²) in [6.07, 6.45) is 0. The predicted octanol–water partition coefficient (Wildman–Crippen LogP) is 5.61. The van der Waals surface area contributed by atoms with E-state index in [1.807, 2.05) is 6.92 Å². The Morgan fingerprint density at radius 1 is 1.33 bits per heavy atom. The van der Waals surface area contributed by atoms with Gasteiger partial charge in [-0.15, -0.1) is 11.3 Å². The molecule has 0 atom stereocenters. The molecule has 1 heterocycles. The Bertz CT molecular complexity index is 620. The molecular weight excluding hydrogens is 406 g/mol. The van der Waals surface area contributed by atoms with Crippen LogP contribution in [0.2, 0.25) is 5.02 Å². The van der Waals surface area contributed by atoms with E-state index in [0.717, 1.165) is 9.35 Å². The molecule has 0 bridgehead atoms. The van der Waals surface area contributed by atoms with Crippen LogP contribution in [-0.4, -0.2) is 5.78 Å². The van der Waals surface area contributed by atoms with Gasteiger partial charge in [-0.2, -0.15) is 0 Å². The number of carbonyl (C=O) groups is 1. The third-order valence-corrected chi connectivity index (χ3v) is 5.67. The number of carbonyl (C=O) groups excluding carboxylic acids is 1. The van der Waals surface area contributed by atoms with Gasteiger partial charge in [0, 0.05) is 4.47 Å². The van der Waals surface area contributed by atoms with Crippen LogP contribution >= 0.6 is 54.8 Å². The first kappa shape index (κ1) is 14.2. The minimum absolute atomic E-state index is 0.0167. The van der Waals surface area contributed by atoms with Gasteiger partial charge in [-0.25, -0.2) is 4.39 Å². The van der Waals surface area contributed by atoms with Gasteiger partial charge in [-0.1, -0.05) is 11.6 Å². The Labute approximate surface area is 129 Å². The quantitative estimate of drug-likeness (QED) is 0.463. The van der Waals surface area contributed by atoms with Crippen molar-refractivity contribution in [2.24, 2.45) is 0 Å². The topological polar surface area (TPSA) is 17.1 Å². The summed E-state index contributed by atoms with van der Waals surface area (Å²) in [7, 11) is 0. The third-order valence-electron chi connectivity index (χ3n) is 2.34. The summed E-state index contributed by atoms with van der Waals surface area (Å²) >= 11 is 13.6.